The third-order valence-corrected chi connectivity index (χ3v) is 5.16. The third kappa shape index (κ3) is 4.11. The highest BCUT2D eigenvalue weighted by atomic mass is 16.5. The lowest BCUT2D eigenvalue weighted by Crippen LogP contribution is -2.32. The van der Waals surface area contributed by atoms with Gasteiger partial charge in [-0.1, -0.05) is 6.07 Å². The van der Waals surface area contributed by atoms with Crippen LogP contribution in [0.15, 0.2) is 54.7 Å². The second-order valence-electron chi connectivity index (χ2n) is 7.29. The van der Waals surface area contributed by atoms with Crippen molar-refractivity contribution in [3.8, 4) is 17.2 Å². The molecule has 1 fully saturated rings. The van der Waals surface area contributed by atoms with Gasteiger partial charge in [0.1, 0.15) is 11.5 Å². The topological polar surface area (TPSA) is 56.6 Å². The van der Waals surface area contributed by atoms with E-state index in [1.165, 1.54) is 0 Å². The maximum Gasteiger partial charge on any atom is 0.254 e. The molecule has 29 heavy (non-hydrogen) atoms. The Labute approximate surface area is 170 Å². The lowest BCUT2D eigenvalue weighted by Gasteiger charge is -2.24. The van der Waals surface area contributed by atoms with E-state index in [0.29, 0.717) is 12.1 Å². The van der Waals surface area contributed by atoms with Gasteiger partial charge in [0.15, 0.2) is 0 Å². The maximum atomic E-state index is 13.4. The number of nitrogens with zero attached hydrogens (tertiary/aromatic N) is 3. The van der Waals surface area contributed by atoms with E-state index in [9.17, 15) is 4.79 Å². The molecule has 4 rings (SSSR count). The number of hydrogen-bond acceptors (Lipinski definition) is 4. The zero-order chi connectivity index (χ0) is 20.4. The molecule has 0 saturated heterocycles. The molecule has 1 aromatic heterocycles. The van der Waals surface area contributed by atoms with Gasteiger partial charge in [-0.15, -0.1) is 0 Å². The van der Waals surface area contributed by atoms with E-state index < -0.39 is 0 Å². The second-order valence-corrected chi connectivity index (χ2v) is 7.29. The summed E-state index contributed by atoms with van der Waals surface area (Å²) >= 11 is 0. The molecule has 6 nitrogen and oxygen atoms in total. The molecule has 0 unspecified atom stereocenters. The van der Waals surface area contributed by atoms with Crippen molar-refractivity contribution in [2.24, 2.45) is 0 Å². The van der Waals surface area contributed by atoms with Gasteiger partial charge < -0.3 is 14.4 Å². The first kappa shape index (κ1) is 19.1. The summed E-state index contributed by atoms with van der Waals surface area (Å²) in [6.45, 7) is 2.43. The van der Waals surface area contributed by atoms with Gasteiger partial charge in [0.25, 0.3) is 5.91 Å². The lowest BCUT2D eigenvalue weighted by atomic mass is 10.1. The Morgan fingerprint density at radius 3 is 2.62 bits per heavy atom. The fourth-order valence-corrected chi connectivity index (χ4v) is 3.45. The van der Waals surface area contributed by atoms with Gasteiger partial charge >= 0.3 is 0 Å². The highest BCUT2D eigenvalue weighted by molar-refractivity contribution is 5.95. The molecule has 1 aliphatic carbocycles. The van der Waals surface area contributed by atoms with Gasteiger partial charge in [-0.2, -0.15) is 5.10 Å². The Morgan fingerprint density at radius 1 is 1.14 bits per heavy atom. The summed E-state index contributed by atoms with van der Waals surface area (Å²) in [5.41, 5.74) is 3.40. The predicted octanol–water partition coefficient (Wildman–Crippen LogP) is 4.00. The number of rotatable bonds is 7. The molecular weight excluding hydrogens is 366 g/mol. The largest absolute Gasteiger partial charge is 0.497 e. The van der Waals surface area contributed by atoms with Crippen LogP contribution in [-0.4, -0.2) is 40.8 Å². The van der Waals surface area contributed by atoms with Crippen molar-refractivity contribution >= 4 is 5.91 Å². The SMILES string of the molecule is COc1ccc(OC)c(CN(C(=O)c2cccc(-n3ccc(C)n3)c2)C2CC2)c1. The predicted molar refractivity (Wildman–Crippen MR) is 111 cm³/mol. The number of methoxy groups -OCH3 is 2. The molecule has 1 saturated carbocycles. The first-order valence-corrected chi connectivity index (χ1v) is 9.73. The summed E-state index contributed by atoms with van der Waals surface area (Å²) in [6, 6.07) is 15.5. The standard InChI is InChI=1S/C23H25N3O3/c1-16-11-12-26(24-16)20-6-4-5-17(13-20)23(27)25(19-7-8-19)15-18-14-21(28-2)9-10-22(18)29-3/h4-6,9-14,19H,7-8,15H2,1-3H3. The average molecular weight is 391 g/mol. The summed E-state index contributed by atoms with van der Waals surface area (Å²) in [4.78, 5) is 15.3. The summed E-state index contributed by atoms with van der Waals surface area (Å²) in [6.07, 6.45) is 3.95. The third-order valence-electron chi connectivity index (χ3n) is 5.16. The first-order chi connectivity index (χ1) is 14.1. The zero-order valence-electron chi connectivity index (χ0n) is 17.0. The van der Waals surface area contributed by atoms with Crippen molar-refractivity contribution in [3.05, 3.63) is 71.5 Å². The Balaban J connectivity index is 1.62. The van der Waals surface area contributed by atoms with Crippen LogP contribution in [0, 0.1) is 6.92 Å². The zero-order valence-corrected chi connectivity index (χ0v) is 17.0. The Hall–Kier alpha value is -3.28. The van der Waals surface area contributed by atoms with Crippen LogP contribution in [0.25, 0.3) is 5.69 Å². The van der Waals surface area contributed by atoms with Crippen molar-refractivity contribution in [2.75, 3.05) is 14.2 Å². The van der Waals surface area contributed by atoms with Crippen LogP contribution in [-0.2, 0) is 6.54 Å². The molecule has 0 atom stereocenters. The van der Waals surface area contributed by atoms with Crippen molar-refractivity contribution in [1.82, 2.24) is 14.7 Å². The smallest absolute Gasteiger partial charge is 0.254 e. The molecule has 0 spiro atoms. The van der Waals surface area contributed by atoms with Crippen molar-refractivity contribution in [3.63, 3.8) is 0 Å². The molecule has 0 radical (unpaired) electrons. The number of carbonyl (C=O) groups excluding carboxylic acids is 1. The van der Waals surface area contributed by atoms with Crippen molar-refractivity contribution in [2.45, 2.75) is 32.4 Å². The second kappa shape index (κ2) is 7.99. The number of hydrogen-bond donors (Lipinski definition) is 0. The van der Waals surface area contributed by atoms with Crippen LogP contribution in [0.1, 0.15) is 34.5 Å². The molecule has 0 aliphatic heterocycles. The van der Waals surface area contributed by atoms with E-state index >= 15 is 0 Å². The normalized spacial score (nSPS) is 13.2. The van der Waals surface area contributed by atoms with E-state index in [4.69, 9.17) is 9.47 Å². The molecule has 1 amide bonds. The Bertz CT molecular complexity index is 1020. The van der Waals surface area contributed by atoms with E-state index in [1.54, 1.807) is 18.9 Å². The molecule has 0 N–H and O–H groups in total. The van der Waals surface area contributed by atoms with Gasteiger partial charge in [-0.25, -0.2) is 4.68 Å². The van der Waals surface area contributed by atoms with E-state index in [-0.39, 0.29) is 11.9 Å². The molecule has 0 bridgehead atoms. The van der Waals surface area contributed by atoms with Gasteiger partial charge in [-0.05, 0) is 62.2 Å². The summed E-state index contributed by atoms with van der Waals surface area (Å²) in [5.74, 6) is 1.52. The van der Waals surface area contributed by atoms with Crippen molar-refractivity contribution in [1.29, 1.82) is 0 Å². The van der Waals surface area contributed by atoms with Gasteiger partial charge in [0.05, 0.1) is 32.1 Å². The number of aromatic nitrogens is 2. The molecule has 150 valence electrons. The van der Waals surface area contributed by atoms with Gasteiger partial charge in [-0.3, -0.25) is 4.79 Å². The molecule has 6 heteroatoms. The highest BCUT2D eigenvalue weighted by Crippen LogP contribution is 2.33. The van der Waals surface area contributed by atoms with Crippen LogP contribution in [0.2, 0.25) is 0 Å². The quantitative estimate of drug-likeness (QED) is 0.611. The average Bonchev–Trinajstić information content (AvgIpc) is 3.51. The van der Waals surface area contributed by atoms with Crippen LogP contribution < -0.4 is 9.47 Å². The number of ether oxygens (including phenoxy) is 2. The molecular formula is C23H25N3O3. The maximum absolute atomic E-state index is 13.4. The Morgan fingerprint density at radius 2 is 1.97 bits per heavy atom. The van der Waals surface area contributed by atoms with E-state index in [2.05, 4.69) is 5.10 Å². The summed E-state index contributed by atoms with van der Waals surface area (Å²) in [7, 11) is 3.28. The number of aryl methyl sites for hydroxylation is 1. The van der Waals surface area contributed by atoms with Crippen LogP contribution in [0.3, 0.4) is 0 Å². The summed E-state index contributed by atoms with van der Waals surface area (Å²) < 4.78 is 12.7. The molecule has 1 heterocycles. The molecule has 3 aromatic rings. The van der Waals surface area contributed by atoms with E-state index in [0.717, 1.165) is 41.3 Å². The van der Waals surface area contributed by atoms with E-state index in [1.807, 2.05) is 66.6 Å². The van der Waals surface area contributed by atoms with Crippen LogP contribution in [0.4, 0.5) is 0 Å². The van der Waals surface area contributed by atoms with Gasteiger partial charge in [0.2, 0.25) is 0 Å². The van der Waals surface area contributed by atoms with Crippen LogP contribution >= 0.6 is 0 Å². The minimum atomic E-state index is 0.0168. The monoisotopic (exact) mass is 391 g/mol. The number of benzene rings is 2. The minimum absolute atomic E-state index is 0.0168. The Kier molecular flexibility index (Phi) is 5.25. The fraction of sp³-hybridized carbons (Fsp3) is 0.304. The molecule has 2 aromatic carbocycles. The first-order valence-electron chi connectivity index (χ1n) is 9.73. The number of amides is 1. The molecule has 1 aliphatic rings. The van der Waals surface area contributed by atoms with Gasteiger partial charge in [0, 0.05) is 23.4 Å². The highest BCUT2D eigenvalue weighted by Gasteiger charge is 2.33. The fourth-order valence-electron chi connectivity index (χ4n) is 3.45. The van der Waals surface area contributed by atoms with Crippen molar-refractivity contribution < 1.29 is 14.3 Å². The minimum Gasteiger partial charge on any atom is -0.497 e. The van der Waals surface area contributed by atoms with Crippen LogP contribution in [0.5, 0.6) is 11.5 Å². The lowest BCUT2D eigenvalue weighted by molar-refractivity contribution is 0.0728. The number of carbonyl (C=O) groups is 1. The summed E-state index contributed by atoms with van der Waals surface area (Å²) in [5, 5.41) is 4.44.